The van der Waals surface area contributed by atoms with Gasteiger partial charge in [-0.1, -0.05) is 30.7 Å². The molecule has 2 atom stereocenters. The molecule has 0 aromatic heterocycles. The molecule has 4 heteroatoms. The largest absolute Gasteiger partial charge is 0.324 e. The van der Waals surface area contributed by atoms with Crippen LogP contribution in [0.25, 0.3) is 0 Å². The van der Waals surface area contributed by atoms with Crippen molar-refractivity contribution in [3.8, 4) is 0 Å². The number of carbonyl (C=O) groups is 1. The van der Waals surface area contributed by atoms with E-state index in [4.69, 9.17) is 11.6 Å². The van der Waals surface area contributed by atoms with Crippen molar-refractivity contribution in [2.45, 2.75) is 6.92 Å². The third kappa shape index (κ3) is 2.36. The highest BCUT2D eigenvalue weighted by molar-refractivity contribution is 6.33. The third-order valence-electron chi connectivity index (χ3n) is 2.99. The molecule has 1 aromatic rings. The minimum absolute atomic E-state index is 0.0382. The van der Waals surface area contributed by atoms with Gasteiger partial charge in [-0.25, -0.2) is 0 Å². The van der Waals surface area contributed by atoms with E-state index in [9.17, 15) is 4.79 Å². The summed E-state index contributed by atoms with van der Waals surface area (Å²) in [6.45, 7) is 3.73. The van der Waals surface area contributed by atoms with Gasteiger partial charge in [0.05, 0.1) is 16.6 Å². The molecule has 1 fully saturated rings. The van der Waals surface area contributed by atoms with E-state index in [0.29, 0.717) is 16.6 Å². The topological polar surface area (TPSA) is 41.1 Å². The lowest BCUT2D eigenvalue weighted by molar-refractivity contribution is -0.120. The third-order valence-corrected chi connectivity index (χ3v) is 3.32. The molecule has 2 N–H and O–H groups in total. The van der Waals surface area contributed by atoms with Crippen LogP contribution in [0.3, 0.4) is 0 Å². The minimum atomic E-state index is 0.0382. The SMILES string of the molecule is CC1CNCC1C(=O)Nc1ccccc1Cl. The van der Waals surface area contributed by atoms with Gasteiger partial charge >= 0.3 is 0 Å². The first kappa shape index (κ1) is 11.4. The number of hydrogen-bond acceptors (Lipinski definition) is 2. The summed E-state index contributed by atoms with van der Waals surface area (Å²) in [4.78, 5) is 12.0. The molecular formula is C12H15ClN2O. The van der Waals surface area contributed by atoms with Crippen molar-refractivity contribution in [3.63, 3.8) is 0 Å². The predicted octanol–water partition coefficient (Wildman–Crippen LogP) is 2.13. The minimum Gasteiger partial charge on any atom is -0.324 e. The first-order valence-corrected chi connectivity index (χ1v) is 5.82. The molecular weight excluding hydrogens is 224 g/mol. The first-order valence-electron chi connectivity index (χ1n) is 5.44. The van der Waals surface area contributed by atoms with Gasteiger partial charge in [0.15, 0.2) is 0 Å². The zero-order valence-electron chi connectivity index (χ0n) is 9.16. The lowest BCUT2D eigenvalue weighted by atomic mass is 9.97. The molecule has 0 spiro atoms. The van der Waals surface area contributed by atoms with E-state index < -0.39 is 0 Å². The van der Waals surface area contributed by atoms with Gasteiger partial charge in [0.2, 0.25) is 5.91 Å². The number of hydrogen-bond donors (Lipinski definition) is 2. The number of nitrogens with one attached hydrogen (secondary N) is 2. The van der Waals surface area contributed by atoms with Crippen LogP contribution in [-0.2, 0) is 4.79 Å². The average molecular weight is 239 g/mol. The van der Waals surface area contributed by atoms with Gasteiger partial charge in [-0.3, -0.25) is 4.79 Å². The van der Waals surface area contributed by atoms with Crippen LogP contribution in [0.4, 0.5) is 5.69 Å². The van der Waals surface area contributed by atoms with Crippen LogP contribution < -0.4 is 10.6 Å². The Balaban J connectivity index is 2.05. The van der Waals surface area contributed by atoms with Crippen LogP contribution in [0.5, 0.6) is 0 Å². The zero-order valence-corrected chi connectivity index (χ0v) is 9.92. The summed E-state index contributed by atoms with van der Waals surface area (Å²) in [6, 6.07) is 7.29. The lowest BCUT2D eigenvalue weighted by Crippen LogP contribution is -2.27. The van der Waals surface area contributed by atoms with Gasteiger partial charge in [0.25, 0.3) is 0 Å². The molecule has 1 heterocycles. The van der Waals surface area contributed by atoms with E-state index in [1.165, 1.54) is 0 Å². The Bertz CT molecular complexity index is 394. The van der Waals surface area contributed by atoms with Crippen LogP contribution in [-0.4, -0.2) is 19.0 Å². The number of carbonyl (C=O) groups excluding carboxylic acids is 1. The highest BCUT2D eigenvalue weighted by atomic mass is 35.5. The van der Waals surface area contributed by atoms with Gasteiger partial charge in [0, 0.05) is 6.54 Å². The van der Waals surface area contributed by atoms with Crippen molar-refractivity contribution < 1.29 is 4.79 Å². The molecule has 1 aliphatic rings. The molecule has 86 valence electrons. The number of para-hydroxylation sites is 1. The van der Waals surface area contributed by atoms with Crippen molar-refractivity contribution in [2.75, 3.05) is 18.4 Å². The average Bonchev–Trinajstić information content (AvgIpc) is 2.68. The van der Waals surface area contributed by atoms with E-state index in [1.54, 1.807) is 6.07 Å². The number of halogens is 1. The molecule has 0 saturated carbocycles. The number of amides is 1. The van der Waals surface area contributed by atoms with Crippen LogP contribution in [0, 0.1) is 11.8 Å². The summed E-state index contributed by atoms with van der Waals surface area (Å²) >= 11 is 5.98. The summed E-state index contributed by atoms with van der Waals surface area (Å²) in [6.07, 6.45) is 0. The fourth-order valence-corrected chi connectivity index (χ4v) is 2.13. The van der Waals surface area contributed by atoms with Crippen LogP contribution in [0.2, 0.25) is 5.02 Å². The quantitative estimate of drug-likeness (QED) is 0.829. The van der Waals surface area contributed by atoms with Gasteiger partial charge in [-0.05, 0) is 24.6 Å². The van der Waals surface area contributed by atoms with E-state index in [2.05, 4.69) is 17.6 Å². The Morgan fingerprint density at radius 1 is 1.44 bits per heavy atom. The normalized spacial score (nSPS) is 24.4. The highest BCUT2D eigenvalue weighted by Crippen LogP contribution is 2.23. The summed E-state index contributed by atoms with van der Waals surface area (Å²) in [5, 5.41) is 6.66. The Hall–Kier alpha value is -1.06. The summed E-state index contributed by atoms with van der Waals surface area (Å²) < 4.78 is 0. The molecule has 16 heavy (non-hydrogen) atoms. The van der Waals surface area contributed by atoms with Gasteiger partial charge < -0.3 is 10.6 Å². The predicted molar refractivity (Wildman–Crippen MR) is 65.6 cm³/mol. The van der Waals surface area contributed by atoms with Crippen LogP contribution >= 0.6 is 11.6 Å². The number of rotatable bonds is 2. The number of anilines is 1. The molecule has 2 unspecified atom stereocenters. The second kappa shape index (κ2) is 4.85. The molecule has 1 aliphatic heterocycles. The molecule has 0 radical (unpaired) electrons. The molecule has 1 amide bonds. The molecule has 0 aliphatic carbocycles. The van der Waals surface area contributed by atoms with Crippen LogP contribution in [0.1, 0.15) is 6.92 Å². The Kier molecular flexibility index (Phi) is 3.46. The second-order valence-corrected chi connectivity index (χ2v) is 4.62. The monoisotopic (exact) mass is 238 g/mol. The Morgan fingerprint density at radius 3 is 2.81 bits per heavy atom. The molecule has 1 saturated heterocycles. The molecule has 2 rings (SSSR count). The summed E-state index contributed by atoms with van der Waals surface area (Å²) in [5.41, 5.74) is 0.688. The maximum absolute atomic E-state index is 12.0. The Morgan fingerprint density at radius 2 is 2.19 bits per heavy atom. The number of benzene rings is 1. The first-order chi connectivity index (χ1) is 7.68. The van der Waals surface area contributed by atoms with Crippen molar-refractivity contribution in [3.05, 3.63) is 29.3 Å². The van der Waals surface area contributed by atoms with E-state index >= 15 is 0 Å². The lowest BCUT2D eigenvalue weighted by Gasteiger charge is -2.14. The van der Waals surface area contributed by atoms with Crippen molar-refractivity contribution in [2.24, 2.45) is 11.8 Å². The fourth-order valence-electron chi connectivity index (χ4n) is 1.95. The molecule has 0 bridgehead atoms. The van der Waals surface area contributed by atoms with E-state index in [0.717, 1.165) is 13.1 Å². The smallest absolute Gasteiger partial charge is 0.229 e. The van der Waals surface area contributed by atoms with Gasteiger partial charge in [-0.15, -0.1) is 0 Å². The van der Waals surface area contributed by atoms with Gasteiger partial charge in [0.1, 0.15) is 0 Å². The van der Waals surface area contributed by atoms with E-state index in [1.807, 2.05) is 18.2 Å². The summed E-state index contributed by atoms with van der Waals surface area (Å²) in [7, 11) is 0. The maximum atomic E-state index is 12.0. The Labute approximate surface area is 100 Å². The van der Waals surface area contributed by atoms with Crippen molar-refractivity contribution in [1.82, 2.24) is 5.32 Å². The highest BCUT2D eigenvalue weighted by Gasteiger charge is 2.29. The standard InChI is InChI=1S/C12H15ClN2O/c1-8-6-14-7-9(8)12(16)15-11-5-3-2-4-10(11)13/h2-5,8-9,14H,6-7H2,1H3,(H,15,16). The second-order valence-electron chi connectivity index (χ2n) is 4.21. The van der Waals surface area contributed by atoms with Crippen LogP contribution in [0.15, 0.2) is 24.3 Å². The van der Waals surface area contributed by atoms with Gasteiger partial charge in [-0.2, -0.15) is 0 Å². The molecule has 1 aromatic carbocycles. The molecule has 3 nitrogen and oxygen atoms in total. The summed E-state index contributed by atoms with van der Waals surface area (Å²) in [5.74, 6) is 0.462. The van der Waals surface area contributed by atoms with Crippen molar-refractivity contribution >= 4 is 23.2 Å². The van der Waals surface area contributed by atoms with Crippen molar-refractivity contribution in [1.29, 1.82) is 0 Å². The maximum Gasteiger partial charge on any atom is 0.229 e. The fraction of sp³-hybridized carbons (Fsp3) is 0.417. The van der Waals surface area contributed by atoms with E-state index in [-0.39, 0.29) is 11.8 Å². The zero-order chi connectivity index (χ0) is 11.5.